The molecule has 0 aromatic rings. The third-order valence-electron chi connectivity index (χ3n) is 1.80. The fourth-order valence-electron chi connectivity index (χ4n) is 1.10. The van der Waals surface area contributed by atoms with Gasteiger partial charge in [-0.15, -0.1) is 13.2 Å². The van der Waals surface area contributed by atoms with Gasteiger partial charge < -0.3 is 4.90 Å². The Labute approximate surface area is 91.1 Å². The van der Waals surface area contributed by atoms with E-state index in [9.17, 15) is 4.79 Å². The highest BCUT2D eigenvalue weighted by Gasteiger charge is 2.12. The SMILES string of the molecule is C=CCN(CC=C)C(=O)CN(C)CC#N. The molecule has 0 fully saturated rings. The third kappa shape index (κ3) is 5.66. The molecule has 82 valence electrons. The van der Waals surface area contributed by atoms with Crippen molar-refractivity contribution in [3.8, 4) is 6.07 Å². The number of carbonyl (C=O) groups excluding carboxylic acids is 1. The van der Waals surface area contributed by atoms with Crippen molar-refractivity contribution in [3.05, 3.63) is 25.3 Å². The Morgan fingerprint density at radius 1 is 1.40 bits per heavy atom. The largest absolute Gasteiger partial charge is 0.334 e. The summed E-state index contributed by atoms with van der Waals surface area (Å²) in [6.45, 7) is 8.68. The number of nitriles is 1. The Kier molecular flexibility index (Phi) is 6.94. The third-order valence-corrected chi connectivity index (χ3v) is 1.80. The van der Waals surface area contributed by atoms with Crippen LogP contribution in [0, 0.1) is 11.3 Å². The summed E-state index contributed by atoms with van der Waals surface area (Å²) < 4.78 is 0. The molecule has 15 heavy (non-hydrogen) atoms. The molecule has 0 aliphatic carbocycles. The Morgan fingerprint density at radius 2 is 1.93 bits per heavy atom. The Hall–Kier alpha value is -1.60. The molecule has 4 nitrogen and oxygen atoms in total. The van der Waals surface area contributed by atoms with Crippen LogP contribution in [0.4, 0.5) is 0 Å². The van der Waals surface area contributed by atoms with E-state index in [4.69, 9.17) is 5.26 Å². The predicted molar refractivity (Wildman–Crippen MR) is 60.1 cm³/mol. The van der Waals surface area contributed by atoms with Crippen LogP contribution in [0.2, 0.25) is 0 Å². The van der Waals surface area contributed by atoms with Crippen LogP contribution in [0.1, 0.15) is 0 Å². The Bertz CT molecular complexity index is 257. The minimum absolute atomic E-state index is 0.0208. The summed E-state index contributed by atoms with van der Waals surface area (Å²) in [4.78, 5) is 15.0. The number of rotatable bonds is 7. The highest BCUT2D eigenvalue weighted by molar-refractivity contribution is 5.78. The molecule has 0 heterocycles. The molecule has 0 N–H and O–H groups in total. The van der Waals surface area contributed by atoms with Gasteiger partial charge in [-0.2, -0.15) is 5.26 Å². The lowest BCUT2D eigenvalue weighted by Crippen LogP contribution is -2.39. The Morgan fingerprint density at radius 3 is 2.33 bits per heavy atom. The second kappa shape index (κ2) is 7.77. The van der Waals surface area contributed by atoms with Crippen molar-refractivity contribution in [3.63, 3.8) is 0 Å². The van der Waals surface area contributed by atoms with Crippen LogP contribution in [-0.2, 0) is 4.79 Å². The second-order valence-electron chi connectivity index (χ2n) is 3.21. The van der Waals surface area contributed by atoms with E-state index in [-0.39, 0.29) is 19.0 Å². The smallest absolute Gasteiger partial charge is 0.237 e. The molecule has 0 saturated heterocycles. The molecular formula is C11H17N3O. The van der Waals surface area contributed by atoms with Gasteiger partial charge in [0.1, 0.15) is 0 Å². The van der Waals surface area contributed by atoms with E-state index in [1.807, 2.05) is 6.07 Å². The molecule has 0 aliphatic heterocycles. The van der Waals surface area contributed by atoms with Gasteiger partial charge in [-0.25, -0.2) is 0 Å². The van der Waals surface area contributed by atoms with Crippen LogP contribution in [-0.4, -0.2) is 48.9 Å². The van der Waals surface area contributed by atoms with E-state index in [0.717, 1.165) is 0 Å². The highest BCUT2D eigenvalue weighted by atomic mass is 16.2. The first kappa shape index (κ1) is 13.4. The predicted octanol–water partition coefficient (Wildman–Crippen LogP) is 0.642. The van der Waals surface area contributed by atoms with E-state index >= 15 is 0 Å². The molecule has 0 radical (unpaired) electrons. The van der Waals surface area contributed by atoms with Gasteiger partial charge in [-0.05, 0) is 7.05 Å². The zero-order valence-corrected chi connectivity index (χ0v) is 9.15. The first-order chi connectivity index (χ1) is 7.15. The van der Waals surface area contributed by atoms with Crippen LogP contribution in [0.15, 0.2) is 25.3 Å². The maximum absolute atomic E-state index is 11.7. The lowest BCUT2D eigenvalue weighted by atomic mass is 10.4. The summed E-state index contributed by atoms with van der Waals surface area (Å²) in [5, 5.41) is 8.45. The van der Waals surface area contributed by atoms with Gasteiger partial charge in [-0.1, -0.05) is 12.2 Å². The van der Waals surface area contributed by atoms with Crippen molar-refractivity contribution in [1.82, 2.24) is 9.80 Å². The number of amides is 1. The first-order valence-corrected chi connectivity index (χ1v) is 4.70. The van der Waals surface area contributed by atoms with Crippen molar-refractivity contribution in [2.24, 2.45) is 0 Å². The molecule has 0 aromatic heterocycles. The first-order valence-electron chi connectivity index (χ1n) is 4.70. The number of nitrogens with zero attached hydrogens (tertiary/aromatic N) is 3. The molecule has 1 amide bonds. The quantitative estimate of drug-likeness (QED) is 0.454. The summed E-state index contributed by atoms with van der Waals surface area (Å²) in [6.07, 6.45) is 3.34. The van der Waals surface area contributed by atoms with Gasteiger partial charge in [0.15, 0.2) is 0 Å². The lowest BCUT2D eigenvalue weighted by molar-refractivity contribution is -0.130. The second-order valence-corrected chi connectivity index (χ2v) is 3.21. The minimum Gasteiger partial charge on any atom is -0.334 e. The minimum atomic E-state index is -0.0208. The maximum atomic E-state index is 11.7. The van der Waals surface area contributed by atoms with E-state index < -0.39 is 0 Å². The zero-order valence-electron chi connectivity index (χ0n) is 9.15. The highest BCUT2D eigenvalue weighted by Crippen LogP contribution is 1.93. The average Bonchev–Trinajstić information content (AvgIpc) is 2.17. The van der Waals surface area contributed by atoms with Crippen molar-refractivity contribution < 1.29 is 4.79 Å². The van der Waals surface area contributed by atoms with Gasteiger partial charge in [0.25, 0.3) is 0 Å². The molecular weight excluding hydrogens is 190 g/mol. The van der Waals surface area contributed by atoms with Crippen LogP contribution < -0.4 is 0 Å². The van der Waals surface area contributed by atoms with Crippen molar-refractivity contribution >= 4 is 5.91 Å². The van der Waals surface area contributed by atoms with E-state index in [0.29, 0.717) is 13.1 Å². The number of carbonyl (C=O) groups is 1. The van der Waals surface area contributed by atoms with Crippen LogP contribution in [0.5, 0.6) is 0 Å². The molecule has 0 bridgehead atoms. The van der Waals surface area contributed by atoms with Crippen LogP contribution in [0.25, 0.3) is 0 Å². The number of likely N-dealkylation sites (N-methyl/N-ethyl adjacent to an activating group) is 1. The average molecular weight is 207 g/mol. The summed E-state index contributed by atoms with van der Waals surface area (Å²) in [7, 11) is 1.74. The fourth-order valence-corrected chi connectivity index (χ4v) is 1.10. The van der Waals surface area contributed by atoms with Crippen molar-refractivity contribution in [2.45, 2.75) is 0 Å². The van der Waals surface area contributed by atoms with Crippen molar-refractivity contribution in [1.29, 1.82) is 5.26 Å². The van der Waals surface area contributed by atoms with Gasteiger partial charge in [0.05, 0.1) is 19.2 Å². The van der Waals surface area contributed by atoms with E-state index in [2.05, 4.69) is 13.2 Å². The fraction of sp³-hybridized carbons (Fsp3) is 0.455. The molecule has 4 heteroatoms. The normalized spacial score (nSPS) is 9.40. The maximum Gasteiger partial charge on any atom is 0.237 e. The zero-order chi connectivity index (χ0) is 11.7. The summed E-state index contributed by atoms with van der Waals surface area (Å²) >= 11 is 0. The summed E-state index contributed by atoms with van der Waals surface area (Å²) in [6, 6.07) is 1.99. The van der Waals surface area contributed by atoms with Gasteiger partial charge in [-0.3, -0.25) is 9.69 Å². The van der Waals surface area contributed by atoms with Crippen LogP contribution >= 0.6 is 0 Å². The van der Waals surface area contributed by atoms with Gasteiger partial charge in [0, 0.05) is 13.1 Å². The molecule has 0 aliphatic rings. The van der Waals surface area contributed by atoms with E-state index in [1.54, 1.807) is 29.0 Å². The summed E-state index contributed by atoms with van der Waals surface area (Å²) in [5.41, 5.74) is 0. The standard InChI is InChI=1S/C11H17N3O/c1-4-7-14(8-5-2)11(15)10-13(3)9-6-12/h4-5H,1-2,7-10H2,3H3. The summed E-state index contributed by atoms with van der Waals surface area (Å²) in [5.74, 6) is -0.0208. The Balaban J connectivity index is 4.18. The molecule has 0 aromatic carbocycles. The topological polar surface area (TPSA) is 47.3 Å². The molecule has 0 saturated carbocycles. The van der Waals surface area contributed by atoms with Gasteiger partial charge >= 0.3 is 0 Å². The molecule has 0 spiro atoms. The number of hydrogen-bond acceptors (Lipinski definition) is 3. The van der Waals surface area contributed by atoms with E-state index in [1.165, 1.54) is 0 Å². The molecule has 0 rings (SSSR count). The van der Waals surface area contributed by atoms with Crippen LogP contribution in [0.3, 0.4) is 0 Å². The van der Waals surface area contributed by atoms with Crippen molar-refractivity contribution in [2.75, 3.05) is 33.2 Å². The van der Waals surface area contributed by atoms with Gasteiger partial charge in [0.2, 0.25) is 5.91 Å². The monoisotopic (exact) mass is 207 g/mol. The molecule has 0 atom stereocenters. The molecule has 0 unspecified atom stereocenters. The number of hydrogen-bond donors (Lipinski definition) is 0. The lowest BCUT2D eigenvalue weighted by Gasteiger charge is -2.21.